The summed E-state index contributed by atoms with van der Waals surface area (Å²) < 4.78 is 3.69. The lowest BCUT2D eigenvalue weighted by Gasteiger charge is -2.20. The van der Waals surface area contributed by atoms with Crippen molar-refractivity contribution < 1.29 is 0 Å². The molecule has 0 saturated carbocycles. The first-order valence-corrected chi connectivity index (χ1v) is 6.96. The Hall–Kier alpha value is 0.130. The number of hydrogen-bond acceptors (Lipinski definition) is 3. The average Bonchev–Trinajstić information content (AvgIpc) is 2.11. The first-order valence-electron chi connectivity index (χ1n) is 2.64. The zero-order valence-corrected chi connectivity index (χ0v) is 8.28. The van der Waals surface area contributed by atoms with E-state index in [9.17, 15) is 4.79 Å². The summed E-state index contributed by atoms with van der Waals surface area (Å²) in [4.78, 5) is 10.7. The van der Waals surface area contributed by atoms with E-state index in [4.69, 9.17) is 0 Å². The lowest BCUT2D eigenvalue weighted by atomic mass is 10.8. The van der Waals surface area contributed by atoms with Gasteiger partial charge in [0.25, 0.3) is 5.56 Å². The minimum Gasteiger partial charge on any atom is -0.277 e. The third kappa shape index (κ3) is 1.81. The predicted molar refractivity (Wildman–Crippen MR) is 51.6 cm³/mol. The van der Waals surface area contributed by atoms with Gasteiger partial charge in [-0.3, -0.25) is 9.17 Å². The van der Waals surface area contributed by atoms with E-state index in [-0.39, 0.29) is 5.56 Å². The number of rotatable bonds is 1. The lowest BCUT2D eigenvalue weighted by Crippen LogP contribution is -1.92. The van der Waals surface area contributed by atoms with E-state index in [2.05, 4.69) is 16.0 Å². The van der Waals surface area contributed by atoms with E-state index >= 15 is 0 Å². The maximum absolute atomic E-state index is 10.7. The molecule has 1 rings (SSSR count). The maximum Gasteiger partial charge on any atom is 0.259 e. The number of nitrogens with one attached hydrogen (secondary N) is 1. The first kappa shape index (κ1) is 8.23. The van der Waals surface area contributed by atoms with E-state index in [1.807, 2.05) is 12.5 Å². The van der Waals surface area contributed by atoms with Crippen molar-refractivity contribution in [2.24, 2.45) is 0 Å². The second-order valence-corrected chi connectivity index (χ2v) is 9.14. The van der Waals surface area contributed by atoms with Crippen LogP contribution in [0.3, 0.4) is 0 Å². The maximum atomic E-state index is 10.7. The number of aromatic nitrogens is 1. The van der Waals surface area contributed by atoms with Crippen molar-refractivity contribution >= 4 is 32.3 Å². The Labute approximate surface area is 69.9 Å². The Morgan fingerprint density at radius 3 is 2.50 bits per heavy atom. The fourth-order valence-corrected chi connectivity index (χ4v) is 2.77. The molecule has 1 heterocycles. The summed E-state index contributed by atoms with van der Waals surface area (Å²) in [6, 6.07) is 1.62. The van der Waals surface area contributed by atoms with E-state index in [0.29, 0.717) is 0 Å². The molecule has 0 fully saturated rings. The monoisotopic (exact) mass is 195 g/mol. The van der Waals surface area contributed by atoms with Gasteiger partial charge in [0.05, 0.1) is 4.21 Å². The van der Waals surface area contributed by atoms with Crippen LogP contribution in [0.2, 0.25) is 0 Å². The molecule has 0 aliphatic heterocycles. The molecule has 0 bridgehead atoms. The van der Waals surface area contributed by atoms with Crippen molar-refractivity contribution in [3.63, 3.8) is 0 Å². The summed E-state index contributed by atoms with van der Waals surface area (Å²) >= 11 is 5.77. The molecule has 0 unspecified atom stereocenters. The van der Waals surface area contributed by atoms with E-state index in [1.165, 1.54) is 11.5 Å². The molecule has 10 heavy (non-hydrogen) atoms. The van der Waals surface area contributed by atoms with Gasteiger partial charge < -0.3 is 0 Å². The van der Waals surface area contributed by atoms with Gasteiger partial charge in [0, 0.05) is 6.07 Å². The highest BCUT2D eigenvalue weighted by molar-refractivity contribution is 8.87. The third-order valence-corrected chi connectivity index (χ3v) is 5.18. The average molecular weight is 195 g/mol. The first-order chi connectivity index (χ1) is 4.50. The van der Waals surface area contributed by atoms with Crippen molar-refractivity contribution in [2.75, 3.05) is 12.5 Å². The predicted octanol–water partition coefficient (Wildman–Crippen LogP) is 1.70. The Morgan fingerprint density at radius 1 is 1.70 bits per heavy atom. The molecule has 0 amide bonds. The van der Waals surface area contributed by atoms with Crippen molar-refractivity contribution in [1.29, 1.82) is 0 Å². The van der Waals surface area contributed by atoms with Crippen molar-refractivity contribution in [2.45, 2.75) is 4.21 Å². The van der Waals surface area contributed by atoms with Gasteiger partial charge >= 0.3 is 0 Å². The molecule has 1 aromatic heterocycles. The summed E-state index contributed by atoms with van der Waals surface area (Å²) in [5.41, 5.74) is -0.0189. The summed E-state index contributed by atoms with van der Waals surface area (Å²) in [7, 11) is -1.00. The van der Waals surface area contributed by atoms with Crippen molar-refractivity contribution in [3.8, 4) is 0 Å². The van der Waals surface area contributed by atoms with Crippen LogP contribution in [0.15, 0.2) is 15.1 Å². The van der Waals surface area contributed by atoms with Gasteiger partial charge in [-0.15, -0.1) is 11.7 Å². The summed E-state index contributed by atoms with van der Waals surface area (Å²) in [5.74, 6) is 0. The van der Waals surface area contributed by atoms with Gasteiger partial charge in [0.1, 0.15) is 0 Å². The Kier molecular flexibility index (Phi) is 2.17. The van der Waals surface area contributed by atoms with E-state index in [1.54, 1.807) is 6.07 Å². The van der Waals surface area contributed by atoms with E-state index in [0.717, 1.165) is 4.21 Å². The molecule has 2 nitrogen and oxygen atoms in total. The highest BCUT2D eigenvalue weighted by Crippen LogP contribution is 2.54. The fourth-order valence-electron chi connectivity index (χ4n) is 0.513. The number of aromatic amines is 1. The van der Waals surface area contributed by atoms with Crippen LogP contribution in [0, 0.1) is 0 Å². The standard InChI is InChI=1S/C5H9NOS3/c1-10(2,8)5-3-4(7)6-9-5/h3,8H,1-2H3,(H,6,7). The smallest absolute Gasteiger partial charge is 0.259 e. The van der Waals surface area contributed by atoms with Crippen LogP contribution < -0.4 is 5.56 Å². The second kappa shape index (κ2) is 2.64. The van der Waals surface area contributed by atoms with Gasteiger partial charge in [-0.05, 0) is 12.5 Å². The molecule has 1 N–H and O–H groups in total. The molecule has 0 atom stereocenters. The third-order valence-electron chi connectivity index (χ3n) is 0.994. The minimum atomic E-state index is -1.00. The molecule has 0 saturated heterocycles. The van der Waals surface area contributed by atoms with Gasteiger partial charge in [-0.2, -0.15) is 9.06 Å². The largest absolute Gasteiger partial charge is 0.277 e. The van der Waals surface area contributed by atoms with Gasteiger partial charge in [0.15, 0.2) is 0 Å². The topological polar surface area (TPSA) is 32.9 Å². The van der Waals surface area contributed by atoms with Crippen molar-refractivity contribution in [1.82, 2.24) is 4.37 Å². The molecule has 0 aliphatic carbocycles. The Morgan fingerprint density at radius 2 is 2.30 bits per heavy atom. The minimum absolute atomic E-state index is 0.0189. The number of H-pyrrole nitrogens is 1. The Bertz CT molecular complexity index is 269. The van der Waals surface area contributed by atoms with Crippen LogP contribution in [-0.2, 0) is 0 Å². The van der Waals surface area contributed by atoms with Gasteiger partial charge in [-0.25, -0.2) is 0 Å². The highest BCUT2D eigenvalue weighted by atomic mass is 33.1. The van der Waals surface area contributed by atoms with Crippen LogP contribution in [0.1, 0.15) is 0 Å². The Balaban J connectivity index is 3.07. The fraction of sp³-hybridized carbons (Fsp3) is 0.400. The van der Waals surface area contributed by atoms with Crippen LogP contribution in [0.25, 0.3) is 0 Å². The number of thiol groups is 1. The lowest BCUT2D eigenvalue weighted by molar-refractivity contribution is 1.42. The molecule has 5 heteroatoms. The molecular weight excluding hydrogens is 186 g/mol. The van der Waals surface area contributed by atoms with Crippen LogP contribution >= 0.6 is 32.3 Å². The highest BCUT2D eigenvalue weighted by Gasteiger charge is 2.10. The SMILES string of the molecule is CS(C)(S)c1cc(=O)[nH]s1. The molecular formula is C5H9NOS3. The summed E-state index contributed by atoms with van der Waals surface area (Å²) in [6.45, 7) is 0. The number of hydrogen-bond donors (Lipinski definition) is 2. The van der Waals surface area contributed by atoms with E-state index < -0.39 is 9.06 Å². The summed E-state index contributed by atoms with van der Waals surface area (Å²) in [5, 5.41) is 0. The zero-order chi connectivity index (χ0) is 7.78. The van der Waals surface area contributed by atoms with Gasteiger partial charge in [-0.1, -0.05) is 11.5 Å². The quantitative estimate of drug-likeness (QED) is 0.519. The molecule has 58 valence electrons. The normalized spacial score (nSPS) is 13.5. The molecule has 0 spiro atoms. The molecule has 1 aromatic rings. The van der Waals surface area contributed by atoms with Crippen molar-refractivity contribution in [3.05, 3.63) is 16.4 Å². The summed E-state index contributed by atoms with van der Waals surface area (Å²) in [6.07, 6.45) is 4.07. The molecule has 0 aromatic carbocycles. The molecule has 0 radical (unpaired) electrons. The van der Waals surface area contributed by atoms with Crippen LogP contribution in [-0.4, -0.2) is 16.9 Å². The van der Waals surface area contributed by atoms with Crippen LogP contribution in [0.5, 0.6) is 0 Å². The van der Waals surface area contributed by atoms with Crippen LogP contribution in [0.4, 0.5) is 0 Å². The second-order valence-electron chi connectivity index (χ2n) is 2.30. The molecule has 0 aliphatic rings. The van der Waals surface area contributed by atoms with Gasteiger partial charge in [0.2, 0.25) is 0 Å². The zero-order valence-electron chi connectivity index (χ0n) is 5.75.